The fourth-order valence-electron chi connectivity index (χ4n) is 2.67. The summed E-state index contributed by atoms with van der Waals surface area (Å²) in [6.07, 6.45) is 3.21. The van der Waals surface area contributed by atoms with Gasteiger partial charge in [0, 0.05) is 25.4 Å². The lowest BCUT2D eigenvalue weighted by Gasteiger charge is -2.09. The molecule has 0 unspecified atom stereocenters. The number of benzene rings is 1. The molecule has 3 N–H and O–H groups in total. The Hall–Kier alpha value is -3.59. The van der Waals surface area contributed by atoms with Crippen molar-refractivity contribution in [3.8, 4) is 0 Å². The normalized spacial score (nSPS) is 10.7. The molecule has 0 aliphatic carbocycles. The summed E-state index contributed by atoms with van der Waals surface area (Å²) in [5.74, 6) is 1.84. The van der Waals surface area contributed by atoms with Gasteiger partial charge in [-0.25, -0.2) is 19.9 Å². The molecule has 0 spiro atoms. The van der Waals surface area contributed by atoms with Crippen LogP contribution in [0.15, 0.2) is 55.0 Å². The number of aromatic nitrogens is 4. The van der Waals surface area contributed by atoms with Crippen LogP contribution in [-0.4, -0.2) is 38.9 Å². The van der Waals surface area contributed by atoms with Gasteiger partial charge in [0.05, 0.1) is 10.2 Å². The van der Waals surface area contributed by atoms with Crippen LogP contribution in [-0.2, 0) is 0 Å². The zero-order valence-electron chi connectivity index (χ0n) is 15.7. The van der Waals surface area contributed by atoms with Gasteiger partial charge >= 0.3 is 0 Å². The molecule has 4 aromatic rings. The molecule has 0 saturated heterocycles. The molecular formula is C20H19N7OS. The number of carbonyl (C=O) groups excluding carboxylic acids is 1. The van der Waals surface area contributed by atoms with Crippen LogP contribution in [0.3, 0.4) is 0 Å². The number of nitrogens with zero attached hydrogens (tertiary/aromatic N) is 4. The number of nitrogens with one attached hydrogen (secondary N) is 3. The van der Waals surface area contributed by atoms with Gasteiger partial charge < -0.3 is 16.0 Å². The minimum atomic E-state index is -0.177. The Kier molecular flexibility index (Phi) is 5.57. The van der Waals surface area contributed by atoms with Crippen LogP contribution in [0.4, 0.5) is 17.5 Å². The first-order chi connectivity index (χ1) is 14.2. The van der Waals surface area contributed by atoms with Crippen molar-refractivity contribution in [1.29, 1.82) is 0 Å². The lowest BCUT2D eigenvalue weighted by molar-refractivity contribution is 0.0955. The smallest absolute Gasteiger partial charge is 0.280 e. The number of hydrogen-bond acceptors (Lipinski definition) is 8. The Morgan fingerprint density at radius 3 is 2.69 bits per heavy atom. The van der Waals surface area contributed by atoms with E-state index in [1.807, 2.05) is 43.3 Å². The summed E-state index contributed by atoms with van der Waals surface area (Å²) in [6.45, 7) is 2.97. The predicted octanol–water partition coefficient (Wildman–Crippen LogP) is 3.38. The molecule has 0 aliphatic heterocycles. The van der Waals surface area contributed by atoms with E-state index in [0.29, 0.717) is 29.7 Å². The van der Waals surface area contributed by atoms with E-state index in [0.717, 1.165) is 21.6 Å². The molecule has 0 fully saturated rings. The number of fused-ring (bicyclic) bond motifs is 1. The summed E-state index contributed by atoms with van der Waals surface area (Å²) < 4.78 is 1.000. The van der Waals surface area contributed by atoms with Crippen LogP contribution in [0.25, 0.3) is 10.2 Å². The van der Waals surface area contributed by atoms with Gasteiger partial charge in [0.25, 0.3) is 5.91 Å². The van der Waals surface area contributed by atoms with E-state index >= 15 is 0 Å². The largest absolute Gasteiger partial charge is 0.368 e. The van der Waals surface area contributed by atoms with Crippen molar-refractivity contribution in [2.45, 2.75) is 6.92 Å². The molecule has 3 aromatic heterocycles. The Morgan fingerprint density at radius 1 is 1.00 bits per heavy atom. The van der Waals surface area contributed by atoms with Crippen molar-refractivity contribution in [3.63, 3.8) is 0 Å². The van der Waals surface area contributed by atoms with Gasteiger partial charge in [-0.2, -0.15) is 0 Å². The number of carbonyl (C=O) groups is 1. The molecule has 29 heavy (non-hydrogen) atoms. The van der Waals surface area contributed by atoms with Crippen LogP contribution >= 0.6 is 11.3 Å². The minimum Gasteiger partial charge on any atom is -0.368 e. The fourth-order valence-corrected chi connectivity index (χ4v) is 3.55. The van der Waals surface area contributed by atoms with Gasteiger partial charge in [0.15, 0.2) is 5.01 Å². The van der Waals surface area contributed by atoms with E-state index in [4.69, 9.17) is 0 Å². The second-order valence-electron chi connectivity index (χ2n) is 6.30. The molecule has 1 aromatic carbocycles. The topological polar surface area (TPSA) is 105 Å². The van der Waals surface area contributed by atoms with E-state index in [1.54, 1.807) is 12.3 Å². The molecule has 0 bridgehead atoms. The number of aryl methyl sites for hydroxylation is 1. The first-order valence-corrected chi connectivity index (χ1v) is 9.88. The standard InChI is InChI=1S/C20H19N7OS/c1-13-6-7-21-17(10-13)27-18-11-16(24-12-25-18)22-8-9-23-19(28)20-26-14-4-2-3-5-15(14)29-20/h2-7,10-12H,8-9H2,1H3,(H,23,28)(H2,21,22,24,25,27). The van der Waals surface area contributed by atoms with E-state index < -0.39 is 0 Å². The Bertz CT molecular complexity index is 1110. The molecule has 0 aliphatic rings. The molecule has 9 heteroatoms. The third kappa shape index (κ3) is 4.82. The second kappa shape index (κ2) is 8.61. The molecule has 0 radical (unpaired) electrons. The monoisotopic (exact) mass is 405 g/mol. The molecular weight excluding hydrogens is 386 g/mol. The quantitative estimate of drug-likeness (QED) is 0.405. The number of hydrogen-bond donors (Lipinski definition) is 3. The van der Waals surface area contributed by atoms with E-state index in [-0.39, 0.29) is 5.91 Å². The third-order valence-corrected chi connectivity index (χ3v) is 5.08. The van der Waals surface area contributed by atoms with Crippen LogP contribution in [0, 0.1) is 6.92 Å². The minimum absolute atomic E-state index is 0.177. The average molecular weight is 405 g/mol. The summed E-state index contributed by atoms with van der Waals surface area (Å²) in [5.41, 5.74) is 1.95. The van der Waals surface area contributed by atoms with Crippen molar-refractivity contribution in [3.05, 3.63) is 65.6 Å². The molecule has 0 atom stereocenters. The SMILES string of the molecule is Cc1ccnc(Nc2cc(NCCNC(=O)c3nc4ccccc4s3)ncn2)c1. The fraction of sp³-hybridized carbons (Fsp3) is 0.150. The predicted molar refractivity (Wildman–Crippen MR) is 115 cm³/mol. The first kappa shape index (κ1) is 18.8. The highest BCUT2D eigenvalue weighted by molar-refractivity contribution is 7.20. The molecule has 8 nitrogen and oxygen atoms in total. The van der Waals surface area contributed by atoms with Crippen molar-refractivity contribution in [1.82, 2.24) is 25.3 Å². The van der Waals surface area contributed by atoms with Gasteiger partial charge in [-0.1, -0.05) is 12.1 Å². The van der Waals surface area contributed by atoms with Gasteiger partial charge in [0.2, 0.25) is 0 Å². The zero-order valence-corrected chi connectivity index (χ0v) is 16.5. The summed E-state index contributed by atoms with van der Waals surface area (Å²) in [6, 6.07) is 13.4. The molecule has 0 saturated carbocycles. The van der Waals surface area contributed by atoms with Crippen LogP contribution in [0.5, 0.6) is 0 Å². The maximum Gasteiger partial charge on any atom is 0.280 e. The highest BCUT2D eigenvalue weighted by Crippen LogP contribution is 2.21. The lowest BCUT2D eigenvalue weighted by atomic mass is 10.3. The van der Waals surface area contributed by atoms with Gasteiger partial charge in [0.1, 0.15) is 23.8 Å². The van der Waals surface area contributed by atoms with Crippen LogP contribution < -0.4 is 16.0 Å². The van der Waals surface area contributed by atoms with Crippen molar-refractivity contribution < 1.29 is 4.79 Å². The number of amides is 1. The molecule has 1 amide bonds. The van der Waals surface area contributed by atoms with E-state index in [9.17, 15) is 4.79 Å². The Balaban J connectivity index is 1.28. The summed E-state index contributed by atoms with van der Waals surface area (Å²) >= 11 is 1.39. The van der Waals surface area contributed by atoms with Gasteiger partial charge in [-0.05, 0) is 36.8 Å². The van der Waals surface area contributed by atoms with E-state index in [1.165, 1.54) is 17.7 Å². The second-order valence-corrected chi connectivity index (χ2v) is 7.33. The summed E-state index contributed by atoms with van der Waals surface area (Å²) in [7, 11) is 0. The lowest BCUT2D eigenvalue weighted by Crippen LogP contribution is -2.28. The Labute approximate surface area is 171 Å². The third-order valence-electron chi connectivity index (χ3n) is 4.04. The van der Waals surface area contributed by atoms with Gasteiger partial charge in [-0.15, -0.1) is 11.3 Å². The van der Waals surface area contributed by atoms with Crippen LogP contribution in [0.2, 0.25) is 0 Å². The van der Waals surface area contributed by atoms with Gasteiger partial charge in [-0.3, -0.25) is 4.79 Å². The molecule has 3 heterocycles. The van der Waals surface area contributed by atoms with Crippen molar-refractivity contribution in [2.24, 2.45) is 0 Å². The van der Waals surface area contributed by atoms with Crippen molar-refractivity contribution >= 4 is 44.9 Å². The summed E-state index contributed by atoms with van der Waals surface area (Å²) in [5, 5.41) is 9.65. The molecule has 146 valence electrons. The maximum absolute atomic E-state index is 12.3. The number of anilines is 3. The highest BCUT2D eigenvalue weighted by atomic mass is 32.1. The maximum atomic E-state index is 12.3. The van der Waals surface area contributed by atoms with E-state index in [2.05, 4.69) is 35.9 Å². The number of thiazole rings is 1. The summed E-state index contributed by atoms with van der Waals surface area (Å²) in [4.78, 5) is 29.3. The van der Waals surface area contributed by atoms with Crippen molar-refractivity contribution in [2.75, 3.05) is 23.7 Å². The number of pyridine rings is 1. The van der Waals surface area contributed by atoms with Crippen LogP contribution in [0.1, 0.15) is 15.4 Å². The zero-order chi connectivity index (χ0) is 20.1. The molecule has 4 rings (SSSR count). The average Bonchev–Trinajstić information content (AvgIpc) is 3.16. The number of para-hydroxylation sites is 1. The Morgan fingerprint density at radius 2 is 1.83 bits per heavy atom. The highest BCUT2D eigenvalue weighted by Gasteiger charge is 2.11. The first-order valence-electron chi connectivity index (χ1n) is 9.07. The number of rotatable bonds is 7.